The number of esters is 1. The summed E-state index contributed by atoms with van der Waals surface area (Å²) in [4.78, 5) is 10.5. The number of alkyl halides is 9. The summed E-state index contributed by atoms with van der Waals surface area (Å²) >= 11 is 0. The molecule has 0 aliphatic heterocycles. The van der Waals surface area contributed by atoms with Gasteiger partial charge in [-0.25, -0.2) is 4.79 Å². The lowest BCUT2D eigenvalue weighted by molar-refractivity contribution is -0.472. The van der Waals surface area contributed by atoms with Gasteiger partial charge in [-0.15, -0.1) is 0 Å². The van der Waals surface area contributed by atoms with Gasteiger partial charge in [0.2, 0.25) is 0 Å². The highest BCUT2D eigenvalue weighted by Gasteiger charge is 2.88. The number of hydrogen-bond donors (Lipinski definition) is 0. The molecule has 0 aromatic heterocycles. The molecule has 0 aromatic carbocycles. The van der Waals surface area contributed by atoms with E-state index in [4.69, 9.17) is 0 Å². The second-order valence-corrected chi connectivity index (χ2v) is 3.74. The molecule has 0 fully saturated rings. The van der Waals surface area contributed by atoms with Crippen LogP contribution in [0.15, 0.2) is 0 Å². The summed E-state index contributed by atoms with van der Waals surface area (Å²) in [5, 5.41) is 0. The van der Waals surface area contributed by atoms with Gasteiger partial charge in [0.05, 0.1) is 7.11 Å². The van der Waals surface area contributed by atoms with Crippen LogP contribution < -0.4 is 0 Å². The molecule has 0 amide bonds. The van der Waals surface area contributed by atoms with Crippen molar-refractivity contribution in [2.24, 2.45) is 0 Å². The van der Waals surface area contributed by atoms with E-state index < -0.39 is 35.7 Å². The first-order chi connectivity index (χ1) is 9.60. The Kier molecular flexibility index (Phi) is 5.43. The first-order valence-corrected chi connectivity index (χ1v) is 4.99. The van der Waals surface area contributed by atoms with Crippen molar-refractivity contribution in [3.63, 3.8) is 0 Å². The fraction of sp³-hybridized carbons (Fsp3) is 0.889. The fourth-order valence-corrected chi connectivity index (χ4v) is 1.41. The maximum Gasteiger partial charge on any atom is 0.450 e. The Bertz CT molecular complexity index is 414. The molecule has 22 heavy (non-hydrogen) atoms. The molecule has 0 unspecified atom stereocenters. The SMILES string of the molecule is COC(=O)C(F)(F)C(F)(F)C(F)(F)C(OC)(OC)C(F)(F)F. The first-order valence-electron chi connectivity index (χ1n) is 4.99. The molecule has 0 heterocycles. The van der Waals surface area contributed by atoms with E-state index in [1.807, 2.05) is 0 Å². The highest BCUT2D eigenvalue weighted by atomic mass is 19.4. The van der Waals surface area contributed by atoms with E-state index in [1.54, 1.807) is 0 Å². The lowest BCUT2D eigenvalue weighted by Crippen LogP contribution is -2.72. The second-order valence-electron chi connectivity index (χ2n) is 3.74. The van der Waals surface area contributed by atoms with Gasteiger partial charge in [-0.3, -0.25) is 0 Å². The van der Waals surface area contributed by atoms with E-state index in [9.17, 15) is 44.3 Å². The van der Waals surface area contributed by atoms with Crippen molar-refractivity contribution >= 4 is 5.97 Å². The summed E-state index contributed by atoms with van der Waals surface area (Å²) in [6, 6.07) is 0. The van der Waals surface area contributed by atoms with Crippen LogP contribution in [0.5, 0.6) is 0 Å². The Morgan fingerprint density at radius 3 is 1.32 bits per heavy atom. The zero-order valence-corrected chi connectivity index (χ0v) is 11.0. The predicted octanol–water partition coefficient (Wildman–Crippen LogP) is 2.62. The third-order valence-electron chi connectivity index (χ3n) is 2.59. The summed E-state index contributed by atoms with van der Waals surface area (Å²) in [6.45, 7) is 0. The third kappa shape index (κ3) is 2.49. The fourth-order valence-electron chi connectivity index (χ4n) is 1.41. The van der Waals surface area contributed by atoms with Gasteiger partial charge in [-0.05, 0) is 0 Å². The van der Waals surface area contributed by atoms with E-state index in [0.29, 0.717) is 0 Å². The number of ether oxygens (including phenoxy) is 3. The topological polar surface area (TPSA) is 44.8 Å². The highest BCUT2D eigenvalue weighted by Crippen LogP contribution is 2.56. The van der Waals surface area contributed by atoms with E-state index in [1.165, 1.54) is 0 Å². The van der Waals surface area contributed by atoms with Crippen LogP contribution in [0.3, 0.4) is 0 Å². The van der Waals surface area contributed by atoms with Gasteiger partial charge in [0.15, 0.2) is 0 Å². The predicted molar refractivity (Wildman–Crippen MR) is 49.7 cm³/mol. The molecule has 0 aliphatic carbocycles. The largest absolute Gasteiger partial charge is 0.464 e. The van der Waals surface area contributed by atoms with Crippen LogP contribution in [0.4, 0.5) is 39.5 Å². The molecule has 0 aliphatic rings. The Labute approximate surface area is 117 Å². The van der Waals surface area contributed by atoms with Crippen LogP contribution in [0.2, 0.25) is 0 Å². The van der Waals surface area contributed by atoms with Crippen molar-refractivity contribution < 1.29 is 58.5 Å². The maximum atomic E-state index is 13.6. The Hall–Kier alpha value is -1.24. The van der Waals surface area contributed by atoms with Gasteiger partial charge in [0, 0.05) is 14.2 Å². The number of halogens is 9. The summed E-state index contributed by atoms with van der Waals surface area (Å²) in [6.07, 6.45) is -6.35. The normalized spacial score (nSPS) is 14.9. The monoisotopic (exact) mass is 352 g/mol. The lowest BCUT2D eigenvalue weighted by Gasteiger charge is -2.42. The van der Waals surface area contributed by atoms with E-state index in [0.717, 1.165) is 0 Å². The molecule has 13 heteroatoms. The molecule has 0 saturated carbocycles. The highest BCUT2D eigenvalue weighted by molar-refractivity contribution is 5.79. The molecule has 0 rings (SSSR count). The van der Waals surface area contributed by atoms with Crippen LogP contribution in [-0.4, -0.2) is 57.0 Å². The van der Waals surface area contributed by atoms with E-state index in [-0.39, 0.29) is 21.3 Å². The molecule has 0 bridgehead atoms. The maximum absolute atomic E-state index is 13.6. The zero-order chi connectivity index (χ0) is 18.2. The van der Waals surface area contributed by atoms with Crippen molar-refractivity contribution in [1.82, 2.24) is 0 Å². The molecular formula is C9H9F9O4. The molecule has 0 N–H and O–H groups in total. The van der Waals surface area contributed by atoms with Gasteiger partial charge in [-0.1, -0.05) is 0 Å². The Morgan fingerprint density at radius 2 is 1.09 bits per heavy atom. The standard InChI is InChI=1S/C9H9F9O4/c1-20-4(19)5(10,11)6(12,13)7(14,15)8(21-2,22-3)9(16,17)18/h1-3H3. The summed E-state index contributed by atoms with van der Waals surface area (Å²) in [5.74, 6) is -28.4. The second kappa shape index (κ2) is 5.76. The molecule has 132 valence electrons. The average Bonchev–Trinajstić information content (AvgIpc) is 2.37. The third-order valence-corrected chi connectivity index (χ3v) is 2.59. The average molecular weight is 352 g/mol. The van der Waals surface area contributed by atoms with Crippen LogP contribution >= 0.6 is 0 Å². The number of hydrogen-bond acceptors (Lipinski definition) is 4. The van der Waals surface area contributed by atoms with Crippen molar-refractivity contribution in [3.8, 4) is 0 Å². The Morgan fingerprint density at radius 1 is 0.727 bits per heavy atom. The van der Waals surface area contributed by atoms with Crippen LogP contribution in [0, 0.1) is 0 Å². The van der Waals surface area contributed by atoms with Crippen molar-refractivity contribution in [2.75, 3.05) is 21.3 Å². The van der Waals surface area contributed by atoms with Crippen molar-refractivity contribution in [2.45, 2.75) is 29.7 Å². The quantitative estimate of drug-likeness (QED) is 0.419. The molecule has 0 saturated heterocycles. The van der Waals surface area contributed by atoms with Crippen molar-refractivity contribution in [1.29, 1.82) is 0 Å². The van der Waals surface area contributed by atoms with E-state index >= 15 is 0 Å². The minimum Gasteiger partial charge on any atom is -0.464 e. The van der Waals surface area contributed by atoms with Gasteiger partial charge in [-0.2, -0.15) is 39.5 Å². The smallest absolute Gasteiger partial charge is 0.450 e. The van der Waals surface area contributed by atoms with E-state index in [2.05, 4.69) is 14.2 Å². The van der Waals surface area contributed by atoms with Gasteiger partial charge in [0.25, 0.3) is 0 Å². The Balaban J connectivity index is 6.34. The van der Waals surface area contributed by atoms with Crippen LogP contribution in [0.1, 0.15) is 0 Å². The van der Waals surface area contributed by atoms with Gasteiger partial charge >= 0.3 is 35.7 Å². The molecule has 0 spiro atoms. The van der Waals surface area contributed by atoms with Crippen LogP contribution in [0.25, 0.3) is 0 Å². The number of rotatable bonds is 6. The lowest BCUT2D eigenvalue weighted by atomic mass is 9.95. The van der Waals surface area contributed by atoms with Crippen molar-refractivity contribution in [3.05, 3.63) is 0 Å². The number of methoxy groups -OCH3 is 3. The van der Waals surface area contributed by atoms with Crippen LogP contribution in [-0.2, 0) is 19.0 Å². The number of carbonyl (C=O) groups is 1. The minimum absolute atomic E-state index is 0.114. The first kappa shape index (κ1) is 20.8. The summed E-state index contributed by atoms with van der Waals surface area (Å²) in [5.41, 5.74) is 0. The molecule has 4 nitrogen and oxygen atoms in total. The minimum atomic E-state index is -6.85. The molecular weight excluding hydrogens is 343 g/mol. The summed E-state index contributed by atoms with van der Waals surface area (Å²) in [7, 11) is -0.0807. The molecule has 0 atom stereocenters. The van der Waals surface area contributed by atoms with Gasteiger partial charge < -0.3 is 14.2 Å². The number of carbonyl (C=O) groups excluding carboxylic acids is 1. The zero-order valence-electron chi connectivity index (χ0n) is 11.0. The van der Waals surface area contributed by atoms with Gasteiger partial charge in [0.1, 0.15) is 0 Å². The molecule has 0 aromatic rings. The summed E-state index contributed by atoms with van der Waals surface area (Å²) < 4.78 is 128. The molecule has 0 radical (unpaired) electrons.